The molecule has 0 bridgehead atoms. The van der Waals surface area contributed by atoms with Crippen molar-refractivity contribution in [2.75, 3.05) is 18.0 Å². The van der Waals surface area contributed by atoms with Gasteiger partial charge in [0.1, 0.15) is 0 Å². The number of pyridine rings is 1. The van der Waals surface area contributed by atoms with Crippen molar-refractivity contribution in [2.45, 2.75) is 19.8 Å². The molecule has 1 aliphatic heterocycles. The van der Waals surface area contributed by atoms with Crippen molar-refractivity contribution >= 4 is 28.3 Å². The van der Waals surface area contributed by atoms with Crippen LogP contribution in [-0.2, 0) is 0 Å². The maximum absolute atomic E-state index is 6.01. The summed E-state index contributed by atoms with van der Waals surface area (Å²) >= 11 is 6.01. The molecule has 0 unspecified atom stereocenters. The molecule has 1 fully saturated rings. The van der Waals surface area contributed by atoms with Gasteiger partial charge in [0, 0.05) is 29.7 Å². The molecule has 0 N–H and O–H groups in total. The van der Waals surface area contributed by atoms with Crippen molar-refractivity contribution in [3.63, 3.8) is 0 Å². The highest BCUT2D eigenvalue weighted by molar-refractivity contribution is 6.30. The summed E-state index contributed by atoms with van der Waals surface area (Å²) in [5, 5.41) is 6.78. The SMILES string of the molecule is CC1CCN(c2nn(-c3ccc(Cl)cc3)c3cnccc23)CC1. The summed E-state index contributed by atoms with van der Waals surface area (Å²) in [6, 6.07) is 9.82. The molecule has 4 rings (SSSR count). The molecular weight excluding hydrogens is 308 g/mol. The molecular formula is C18H19ClN4. The standard InChI is InChI=1S/C18H19ClN4/c1-13-7-10-22(11-8-13)18-16-6-9-20-12-17(16)23(21-18)15-4-2-14(19)3-5-15/h2-6,9,12-13H,7-8,10-11H2,1H3. The van der Waals surface area contributed by atoms with Gasteiger partial charge < -0.3 is 4.90 Å². The third kappa shape index (κ3) is 2.68. The zero-order valence-corrected chi connectivity index (χ0v) is 13.9. The zero-order chi connectivity index (χ0) is 15.8. The Morgan fingerprint density at radius 3 is 2.57 bits per heavy atom. The van der Waals surface area contributed by atoms with Gasteiger partial charge in [-0.3, -0.25) is 4.98 Å². The van der Waals surface area contributed by atoms with Crippen LogP contribution in [0.25, 0.3) is 16.6 Å². The summed E-state index contributed by atoms with van der Waals surface area (Å²) < 4.78 is 1.96. The van der Waals surface area contributed by atoms with Crippen LogP contribution in [0.15, 0.2) is 42.7 Å². The second-order valence-electron chi connectivity index (χ2n) is 6.27. The largest absolute Gasteiger partial charge is 0.355 e. The number of aromatic nitrogens is 3. The molecule has 4 nitrogen and oxygen atoms in total. The van der Waals surface area contributed by atoms with Crippen molar-refractivity contribution in [2.24, 2.45) is 5.92 Å². The Hall–Kier alpha value is -2.07. The lowest BCUT2D eigenvalue weighted by Gasteiger charge is -2.30. The molecule has 0 spiro atoms. The van der Waals surface area contributed by atoms with Gasteiger partial charge in [-0.2, -0.15) is 0 Å². The summed E-state index contributed by atoms with van der Waals surface area (Å²) in [5.41, 5.74) is 2.03. The van der Waals surface area contributed by atoms with E-state index in [-0.39, 0.29) is 0 Å². The molecule has 0 aliphatic carbocycles. The molecule has 3 heterocycles. The molecule has 1 aromatic carbocycles. The van der Waals surface area contributed by atoms with E-state index in [4.69, 9.17) is 16.7 Å². The van der Waals surface area contributed by atoms with Gasteiger partial charge in [-0.15, -0.1) is 5.10 Å². The van der Waals surface area contributed by atoms with Crippen molar-refractivity contribution in [1.82, 2.24) is 14.8 Å². The number of hydrogen-bond acceptors (Lipinski definition) is 3. The molecule has 0 radical (unpaired) electrons. The lowest BCUT2D eigenvalue weighted by Crippen LogP contribution is -2.33. The molecule has 5 heteroatoms. The van der Waals surface area contributed by atoms with Crippen LogP contribution >= 0.6 is 11.6 Å². The predicted molar refractivity (Wildman–Crippen MR) is 94.5 cm³/mol. The summed E-state index contributed by atoms with van der Waals surface area (Å²) in [7, 11) is 0. The first-order valence-electron chi connectivity index (χ1n) is 8.06. The average Bonchev–Trinajstić information content (AvgIpc) is 2.96. The fourth-order valence-corrected chi connectivity index (χ4v) is 3.31. The second kappa shape index (κ2) is 5.85. The Kier molecular flexibility index (Phi) is 3.69. The van der Waals surface area contributed by atoms with Gasteiger partial charge in [0.15, 0.2) is 5.82 Å². The number of piperidine rings is 1. The second-order valence-corrected chi connectivity index (χ2v) is 6.71. The molecule has 0 saturated carbocycles. The van der Waals surface area contributed by atoms with Crippen molar-refractivity contribution in [1.29, 1.82) is 0 Å². The van der Waals surface area contributed by atoms with Gasteiger partial charge in [0.2, 0.25) is 0 Å². The number of benzene rings is 1. The fraction of sp³-hybridized carbons (Fsp3) is 0.333. The zero-order valence-electron chi connectivity index (χ0n) is 13.1. The molecule has 0 atom stereocenters. The summed E-state index contributed by atoms with van der Waals surface area (Å²) in [6.07, 6.45) is 6.17. The van der Waals surface area contributed by atoms with Crippen LogP contribution in [0.1, 0.15) is 19.8 Å². The van der Waals surface area contributed by atoms with Gasteiger partial charge >= 0.3 is 0 Å². The highest BCUT2D eigenvalue weighted by Crippen LogP contribution is 2.30. The normalized spacial score (nSPS) is 16.2. The Morgan fingerprint density at radius 1 is 1.09 bits per heavy atom. The van der Waals surface area contributed by atoms with Crippen molar-refractivity contribution in [3.8, 4) is 5.69 Å². The maximum Gasteiger partial charge on any atom is 0.159 e. The first kappa shape index (κ1) is 14.5. The van der Waals surface area contributed by atoms with E-state index in [9.17, 15) is 0 Å². The number of hydrogen-bond donors (Lipinski definition) is 0. The number of nitrogens with zero attached hydrogens (tertiary/aromatic N) is 4. The topological polar surface area (TPSA) is 34.0 Å². The lowest BCUT2D eigenvalue weighted by atomic mass is 9.99. The summed E-state index contributed by atoms with van der Waals surface area (Å²) in [4.78, 5) is 6.68. The van der Waals surface area contributed by atoms with E-state index >= 15 is 0 Å². The Morgan fingerprint density at radius 2 is 1.83 bits per heavy atom. The Balaban J connectivity index is 1.81. The smallest absolute Gasteiger partial charge is 0.159 e. The first-order chi connectivity index (χ1) is 11.2. The molecule has 2 aromatic heterocycles. The molecule has 3 aromatic rings. The number of rotatable bonds is 2. The molecule has 0 amide bonds. The van der Waals surface area contributed by atoms with E-state index in [0.717, 1.165) is 46.4 Å². The molecule has 23 heavy (non-hydrogen) atoms. The van der Waals surface area contributed by atoms with Crippen LogP contribution < -0.4 is 4.90 Å². The van der Waals surface area contributed by atoms with Crippen molar-refractivity contribution < 1.29 is 0 Å². The number of fused-ring (bicyclic) bond motifs is 1. The van der Waals surface area contributed by atoms with Crippen LogP contribution in [-0.4, -0.2) is 27.9 Å². The number of anilines is 1. The average molecular weight is 327 g/mol. The maximum atomic E-state index is 6.01. The van der Waals surface area contributed by atoms with E-state index in [1.807, 2.05) is 41.3 Å². The van der Waals surface area contributed by atoms with Crippen LogP contribution in [0, 0.1) is 5.92 Å². The third-order valence-corrected chi connectivity index (χ3v) is 4.87. The minimum absolute atomic E-state index is 0.730. The minimum Gasteiger partial charge on any atom is -0.355 e. The Labute approximate surface area is 140 Å². The van der Waals surface area contributed by atoms with E-state index in [2.05, 4.69) is 22.9 Å². The van der Waals surface area contributed by atoms with E-state index in [0.29, 0.717) is 0 Å². The minimum atomic E-state index is 0.730. The number of halogens is 1. The predicted octanol–water partition coefficient (Wildman–Crippen LogP) is 4.31. The van der Waals surface area contributed by atoms with Gasteiger partial charge in [0.25, 0.3) is 0 Å². The first-order valence-corrected chi connectivity index (χ1v) is 8.44. The quantitative estimate of drug-likeness (QED) is 0.703. The van der Waals surface area contributed by atoms with Crippen molar-refractivity contribution in [3.05, 3.63) is 47.7 Å². The molecule has 1 saturated heterocycles. The summed E-state index contributed by atoms with van der Waals surface area (Å²) in [5.74, 6) is 1.86. The van der Waals surface area contributed by atoms with Gasteiger partial charge in [-0.1, -0.05) is 18.5 Å². The third-order valence-electron chi connectivity index (χ3n) is 4.62. The van der Waals surface area contributed by atoms with E-state index < -0.39 is 0 Å². The van der Waals surface area contributed by atoms with Gasteiger partial charge in [0.05, 0.1) is 17.4 Å². The van der Waals surface area contributed by atoms with Gasteiger partial charge in [-0.25, -0.2) is 4.68 Å². The van der Waals surface area contributed by atoms with Crippen LogP contribution in [0.4, 0.5) is 5.82 Å². The van der Waals surface area contributed by atoms with Crippen LogP contribution in [0.3, 0.4) is 0 Å². The molecule has 118 valence electrons. The van der Waals surface area contributed by atoms with E-state index in [1.54, 1.807) is 0 Å². The van der Waals surface area contributed by atoms with Gasteiger partial charge in [-0.05, 0) is 49.1 Å². The lowest BCUT2D eigenvalue weighted by molar-refractivity contribution is 0.436. The highest BCUT2D eigenvalue weighted by atomic mass is 35.5. The highest BCUT2D eigenvalue weighted by Gasteiger charge is 2.21. The van der Waals surface area contributed by atoms with Crippen LogP contribution in [0.2, 0.25) is 5.02 Å². The Bertz CT molecular complexity index is 817. The summed E-state index contributed by atoms with van der Waals surface area (Å²) in [6.45, 7) is 4.46. The van der Waals surface area contributed by atoms with Crippen LogP contribution in [0.5, 0.6) is 0 Å². The fourth-order valence-electron chi connectivity index (χ4n) is 3.18. The van der Waals surface area contributed by atoms with E-state index in [1.165, 1.54) is 12.8 Å². The monoisotopic (exact) mass is 326 g/mol. The molecule has 1 aliphatic rings.